The summed E-state index contributed by atoms with van der Waals surface area (Å²) in [5, 5.41) is 14.0. The van der Waals surface area contributed by atoms with Crippen LogP contribution in [0.5, 0.6) is 0 Å². The van der Waals surface area contributed by atoms with Crippen molar-refractivity contribution >= 4 is 16.8 Å². The van der Waals surface area contributed by atoms with E-state index in [1.165, 1.54) is 6.26 Å². The molecule has 2 atom stereocenters. The first-order valence-corrected chi connectivity index (χ1v) is 7.93. The zero-order chi connectivity index (χ0) is 17.1. The van der Waals surface area contributed by atoms with Crippen molar-refractivity contribution < 1.29 is 14.3 Å². The van der Waals surface area contributed by atoms with Gasteiger partial charge in [-0.2, -0.15) is 0 Å². The Kier molecular flexibility index (Phi) is 4.62. The highest BCUT2D eigenvalue weighted by molar-refractivity contribution is 6.05. The van der Waals surface area contributed by atoms with Gasteiger partial charge >= 0.3 is 0 Å². The van der Waals surface area contributed by atoms with Crippen LogP contribution in [0, 0.1) is 6.92 Å². The monoisotopic (exact) mass is 324 g/mol. The lowest BCUT2D eigenvalue weighted by Crippen LogP contribution is -2.34. The molecule has 2 aromatic heterocycles. The molecule has 0 saturated heterocycles. The van der Waals surface area contributed by atoms with Crippen LogP contribution in [-0.4, -0.2) is 22.0 Å². The number of benzene rings is 1. The fourth-order valence-electron chi connectivity index (χ4n) is 2.72. The number of nitrogens with zero attached hydrogens (tertiary/aromatic N) is 1. The summed E-state index contributed by atoms with van der Waals surface area (Å²) in [6, 6.07) is 12.7. The highest BCUT2D eigenvalue weighted by Gasteiger charge is 2.18. The number of para-hydroxylation sites is 1. The molecule has 2 heterocycles. The van der Waals surface area contributed by atoms with E-state index < -0.39 is 6.10 Å². The van der Waals surface area contributed by atoms with E-state index in [0.717, 1.165) is 11.1 Å². The molecule has 0 aliphatic rings. The average molecular weight is 324 g/mol. The van der Waals surface area contributed by atoms with E-state index in [1.807, 2.05) is 38.1 Å². The maximum absolute atomic E-state index is 12.6. The van der Waals surface area contributed by atoms with Crippen molar-refractivity contribution in [3.05, 3.63) is 65.7 Å². The molecule has 0 aliphatic carbocycles. The molecule has 5 nitrogen and oxygen atoms in total. The zero-order valence-electron chi connectivity index (χ0n) is 13.7. The fourth-order valence-corrected chi connectivity index (χ4v) is 2.72. The molecule has 124 valence electrons. The predicted octanol–water partition coefficient (Wildman–Crippen LogP) is 3.38. The molecule has 1 aromatic carbocycles. The van der Waals surface area contributed by atoms with Crippen molar-refractivity contribution in [2.24, 2.45) is 0 Å². The molecule has 0 saturated carbocycles. The van der Waals surface area contributed by atoms with Crippen molar-refractivity contribution in [3.8, 4) is 0 Å². The van der Waals surface area contributed by atoms with Crippen LogP contribution in [0.1, 0.15) is 41.3 Å². The summed E-state index contributed by atoms with van der Waals surface area (Å²) in [6.07, 6.45) is 1.14. The topological polar surface area (TPSA) is 75.4 Å². The first-order chi connectivity index (χ1) is 11.5. The first-order valence-electron chi connectivity index (χ1n) is 7.93. The standard InChI is InChI=1S/C19H20N2O3/c1-12-8-9-14-5-3-6-15(18(14)20-12)19(23)21-13(2)11-16(22)17-7-4-10-24-17/h3-10,13,16,22H,11H2,1-2H3,(H,21,23). The lowest BCUT2D eigenvalue weighted by Gasteiger charge is -2.17. The number of rotatable bonds is 5. The van der Waals surface area contributed by atoms with Gasteiger partial charge in [0.2, 0.25) is 0 Å². The van der Waals surface area contributed by atoms with Crippen LogP contribution in [0.15, 0.2) is 53.1 Å². The molecular formula is C19H20N2O3. The molecule has 24 heavy (non-hydrogen) atoms. The minimum Gasteiger partial charge on any atom is -0.467 e. The summed E-state index contributed by atoms with van der Waals surface area (Å²) in [4.78, 5) is 17.1. The van der Waals surface area contributed by atoms with Crippen LogP contribution in [0.4, 0.5) is 0 Å². The quantitative estimate of drug-likeness (QED) is 0.754. The number of amides is 1. The van der Waals surface area contributed by atoms with Crippen molar-refractivity contribution in [2.75, 3.05) is 0 Å². The lowest BCUT2D eigenvalue weighted by atomic mass is 10.1. The third-order valence-corrected chi connectivity index (χ3v) is 3.93. The Hall–Kier alpha value is -2.66. The predicted molar refractivity (Wildman–Crippen MR) is 91.7 cm³/mol. The molecule has 3 rings (SSSR count). The van der Waals surface area contributed by atoms with E-state index >= 15 is 0 Å². The Morgan fingerprint density at radius 3 is 2.83 bits per heavy atom. The van der Waals surface area contributed by atoms with Gasteiger partial charge in [0.05, 0.1) is 17.3 Å². The highest BCUT2D eigenvalue weighted by atomic mass is 16.4. The number of nitrogens with one attached hydrogen (secondary N) is 1. The number of furan rings is 1. The summed E-state index contributed by atoms with van der Waals surface area (Å²) in [5.74, 6) is 0.302. The molecule has 0 bridgehead atoms. The molecule has 0 fully saturated rings. The number of aromatic nitrogens is 1. The third-order valence-electron chi connectivity index (χ3n) is 3.93. The number of aliphatic hydroxyl groups is 1. The van der Waals surface area contributed by atoms with Crippen molar-refractivity contribution in [1.29, 1.82) is 0 Å². The Morgan fingerprint density at radius 1 is 1.25 bits per heavy atom. The minimum atomic E-state index is -0.747. The van der Waals surface area contributed by atoms with Crippen molar-refractivity contribution in [2.45, 2.75) is 32.4 Å². The van der Waals surface area contributed by atoms with Gasteiger partial charge in [-0.05, 0) is 38.1 Å². The number of aryl methyl sites for hydroxylation is 1. The van der Waals surface area contributed by atoms with Crippen molar-refractivity contribution in [3.63, 3.8) is 0 Å². The van der Waals surface area contributed by atoms with Gasteiger partial charge in [-0.15, -0.1) is 0 Å². The van der Waals surface area contributed by atoms with Crippen LogP contribution in [0.25, 0.3) is 10.9 Å². The second kappa shape index (κ2) is 6.84. The normalized spacial score (nSPS) is 13.6. The average Bonchev–Trinajstić information content (AvgIpc) is 3.08. The third kappa shape index (κ3) is 3.46. The summed E-state index contributed by atoms with van der Waals surface area (Å²) in [6.45, 7) is 3.75. The molecule has 2 unspecified atom stereocenters. The zero-order valence-corrected chi connectivity index (χ0v) is 13.7. The van der Waals surface area contributed by atoms with Gasteiger partial charge < -0.3 is 14.8 Å². The summed E-state index contributed by atoms with van der Waals surface area (Å²) >= 11 is 0. The molecular weight excluding hydrogens is 304 g/mol. The van der Waals surface area contributed by atoms with Crippen LogP contribution >= 0.6 is 0 Å². The molecule has 0 radical (unpaired) electrons. The van der Waals surface area contributed by atoms with E-state index in [2.05, 4.69) is 10.3 Å². The first kappa shape index (κ1) is 16.2. The highest BCUT2D eigenvalue weighted by Crippen LogP contribution is 2.20. The van der Waals surface area contributed by atoms with Crippen LogP contribution < -0.4 is 5.32 Å². The summed E-state index contributed by atoms with van der Waals surface area (Å²) in [7, 11) is 0. The Bertz CT molecular complexity index is 843. The maximum Gasteiger partial charge on any atom is 0.253 e. The molecule has 3 aromatic rings. The molecule has 0 aliphatic heterocycles. The van der Waals surface area contributed by atoms with Crippen LogP contribution in [0.3, 0.4) is 0 Å². The summed E-state index contributed by atoms with van der Waals surface area (Å²) in [5.41, 5.74) is 2.09. The molecule has 1 amide bonds. The Labute approximate surface area is 140 Å². The largest absolute Gasteiger partial charge is 0.467 e. The number of aliphatic hydroxyl groups excluding tert-OH is 1. The van der Waals surface area contributed by atoms with Crippen LogP contribution in [-0.2, 0) is 0 Å². The van der Waals surface area contributed by atoms with Crippen molar-refractivity contribution in [1.82, 2.24) is 10.3 Å². The number of pyridine rings is 1. The number of carbonyl (C=O) groups excluding carboxylic acids is 1. The van der Waals surface area contributed by atoms with E-state index in [0.29, 0.717) is 23.3 Å². The Morgan fingerprint density at radius 2 is 2.08 bits per heavy atom. The van der Waals surface area contributed by atoms with Gasteiger partial charge in [0.15, 0.2) is 0 Å². The van der Waals surface area contributed by atoms with E-state index in [4.69, 9.17) is 4.42 Å². The van der Waals surface area contributed by atoms with E-state index in [1.54, 1.807) is 18.2 Å². The van der Waals surface area contributed by atoms with Gasteiger partial charge in [0.25, 0.3) is 5.91 Å². The van der Waals surface area contributed by atoms with Crippen LogP contribution in [0.2, 0.25) is 0 Å². The van der Waals surface area contributed by atoms with E-state index in [9.17, 15) is 9.90 Å². The molecule has 0 spiro atoms. The number of hydrogen-bond acceptors (Lipinski definition) is 4. The molecule has 2 N–H and O–H groups in total. The SMILES string of the molecule is Cc1ccc2cccc(C(=O)NC(C)CC(O)c3ccco3)c2n1. The molecule has 5 heteroatoms. The second-order valence-corrected chi connectivity index (χ2v) is 5.97. The van der Waals surface area contributed by atoms with Gasteiger partial charge in [0.1, 0.15) is 11.9 Å². The number of hydrogen-bond donors (Lipinski definition) is 2. The lowest BCUT2D eigenvalue weighted by molar-refractivity contribution is 0.0904. The van der Waals surface area contributed by atoms with Gasteiger partial charge in [-0.3, -0.25) is 9.78 Å². The summed E-state index contributed by atoms with van der Waals surface area (Å²) < 4.78 is 5.18. The minimum absolute atomic E-state index is 0.196. The number of carbonyl (C=O) groups is 1. The van der Waals surface area contributed by atoms with Gasteiger partial charge in [-0.1, -0.05) is 18.2 Å². The smallest absolute Gasteiger partial charge is 0.253 e. The second-order valence-electron chi connectivity index (χ2n) is 5.97. The van der Waals surface area contributed by atoms with E-state index in [-0.39, 0.29) is 11.9 Å². The maximum atomic E-state index is 12.6. The van der Waals surface area contributed by atoms with Gasteiger partial charge in [0, 0.05) is 23.5 Å². The number of fused-ring (bicyclic) bond motifs is 1. The van der Waals surface area contributed by atoms with Gasteiger partial charge in [-0.25, -0.2) is 0 Å². The Balaban J connectivity index is 1.74. The fraction of sp³-hybridized carbons (Fsp3) is 0.263.